The summed E-state index contributed by atoms with van der Waals surface area (Å²) in [4.78, 5) is 0. The van der Waals surface area contributed by atoms with Gasteiger partial charge in [-0.15, -0.1) is 0 Å². The molecule has 2 aromatic carbocycles. The summed E-state index contributed by atoms with van der Waals surface area (Å²) in [5.74, 6) is 0.556. The van der Waals surface area contributed by atoms with Crippen LogP contribution in [-0.2, 0) is 6.54 Å². The van der Waals surface area contributed by atoms with E-state index < -0.39 is 0 Å². The molecule has 0 aliphatic heterocycles. The van der Waals surface area contributed by atoms with Gasteiger partial charge in [0.2, 0.25) is 0 Å². The predicted molar refractivity (Wildman–Crippen MR) is 87.4 cm³/mol. The Morgan fingerprint density at radius 2 is 1.95 bits per heavy atom. The zero-order chi connectivity index (χ0) is 15.2. The Balaban J connectivity index is 2.12. The van der Waals surface area contributed by atoms with Gasteiger partial charge < -0.3 is 10.1 Å². The molecule has 0 saturated carbocycles. The molecule has 0 saturated heterocycles. The van der Waals surface area contributed by atoms with Crippen LogP contribution < -0.4 is 10.1 Å². The van der Waals surface area contributed by atoms with E-state index in [0.717, 1.165) is 28.6 Å². The van der Waals surface area contributed by atoms with Crippen molar-refractivity contribution in [3.63, 3.8) is 0 Å². The molecule has 21 heavy (non-hydrogen) atoms. The number of hydrogen-bond acceptors (Lipinski definition) is 2. The van der Waals surface area contributed by atoms with Gasteiger partial charge >= 0.3 is 0 Å². The fourth-order valence-corrected chi connectivity index (χ4v) is 2.29. The van der Waals surface area contributed by atoms with Gasteiger partial charge in [-0.2, -0.15) is 0 Å². The fraction of sp³-hybridized carbons (Fsp3) is 0.294. The second-order valence-electron chi connectivity index (χ2n) is 4.95. The molecule has 0 aliphatic carbocycles. The molecule has 0 aromatic heterocycles. The van der Waals surface area contributed by atoms with E-state index in [9.17, 15) is 4.39 Å². The van der Waals surface area contributed by atoms with E-state index in [0.29, 0.717) is 12.3 Å². The number of nitrogens with one attached hydrogen (secondary N) is 1. The SMILES string of the molecule is CCCNCc1ccc(Oc2cc(Br)ccc2C)c(F)c1. The molecule has 112 valence electrons. The van der Waals surface area contributed by atoms with Crippen LogP contribution in [0.3, 0.4) is 0 Å². The van der Waals surface area contributed by atoms with Crippen molar-refractivity contribution in [1.82, 2.24) is 5.32 Å². The highest BCUT2D eigenvalue weighted by Gasteiger charge is 2.08. The summed E-state index contributed by atoms with van der Waals surface area (Å²) < 4.78 is 20.7. The number of benzene rings is 2. The van der Waals surface area contributed by atoms with Gasteiger partial charge in [0.05, 0.1) is 0 Å². The van der Waals surface area contributed by atoms with Gasteiger partial charge in [0.25, 0.3) is 0 Å². The summed E-state index contributed by atoms with van der Waals surface area (Å²) in [7, 11) is 0. The van der Waals surface area contributed by atoms with E-state index in [1.807, 2.05) is 31.2 Å². The van der Waals surface area contributed by atoms with Crippen molar-refractivity contribution in [3.8, 4) is 11.5 Å². The topological polar surface area (TPSA) is 21.3 Å². The maximum absolute atomic E-state index is 14.1. The van der Waals surface area contributed by atoms with Crippen molar-refractivity contribution < 1.29 is 9.13 Å². The number of ether oxygens (including phenoxy) is 1. The van der Waals surface area contributed by atoms with E-state index >= 15 is 0 Å². The minimum Gasteiger partial charge on any atom is -0.454 e. The van der Waals surface area contributed by atoms with Crippen molar-refractivity contribution in [2.45, 2.75) is 26.8 Å². The van der Waals surface area contributed by atoms with Crippen LogP contribution in [0.25, 0.3) is 0 Å². The molecular weight excluding hydrogens is 333 g/mol. The van der Waals surface area contributed by atoms with Gasteiger partial charge in [-0.3, -0.25) is 0 Å². The van der Waals surface area contributed by atoms with E-state index in [-0.39, 0.29) is 11.6 Å². The summed E-state index contributed by atoms with van der Waals surface area (Å²) in [6.07, 6.45) is 1.06. The molecule has 0 heterocycles. The maximum atomic E-state index is 14.1. The van der Waals surface area contributed by atoms with Crippen LogP contribution in [0, 0.1) is 12.7 Å². The number of halogens is 2. The molecule has 2 aromatic rings. The van der Waals surface area contributed by atoms with Crippen LogP contribution in [0.1, 0.15) is 24.5 Å². The summed E-state index contributed by atoms with van der Waals surface area (Å²) in [5.41, 5.74) is 1.88. The van der Waals surface area contributed by atoms with Gasteiger partial charge in [0.15, 0.2) is 11.6 Å². The predicted octanol–water partition coefficient (Wildman–Crippen LogP) is 5.19. The lowest BCUT2D eigenvalue weighted by atomic mass is 10.2. The minimum atomic E-state index is -0.342. The van der Waals surface area contributed by atoms with Gasteiger partial charge in [-0.25, -0.2) is 4.39 Å². The molecule has 1 N–H and O–H groups in total. The molecule has 4 heteroatoms. The van der Waals surface area contributed by atoms with Crippen LogP contribution in [-0.4, -0.2) is 6.54 Å². The number of rotatable bonds is 6. The molecule has 0 amide bonds. The molecular formula is C17H19BrFNO. The number of hydrogen-bond donors (Lipinski definition) is 1. The molecule has 2 nitrogen and oxygen atoms in total. The second-order valence-corrected chi connectivity index (χ2v) is 5.87. The Hall–Kier alpha value is -1.39. The van der Waals surface area contributed by atoms with Crippen molar-refractivity contribution in [2.24, 2.45) is 0 Å². The summed E-state index contributed by atoms with van der Waals surface area (Å²) >= 11 is 3.39. The standard InChI is InChI=1S/C17H19BrFNO/c1-3-8-20-11-13-5-7-16(15(19)9-13)21-17-10-14(18)6-4-12(17)2/h4-7,9-10,20H,3,8,11H2,1-2H3. The van der Waals surface area contributed by atoms with Crippen LogP contribution in [0.2, 0.25) is 0 Å². The van der Waals surface area contributed by atoms with Crippen LogP contribution >= 0.6 is 15.9 Å². The average Bonchev–Trinajstić information content (AvgIpc) is 2.46. The largest absolute Gasteiger partial charge is 0.454 e. The lowest BCUT2D eigenvalue weighted by molar-refractivity contribution is 0.438. The zero-order valence-electron chi connectivity index (χ0n) is 12.2. The summed E-state index contributed by atoms with van der Waals surface area (Å²) in [6, 6.07) is 10.8. The van der Waals surface area contributed by atoms with Gasteiger partial charge in [-0.05, 0) is 55.3 Å². The number of aryl methyl sites for hydroxylation is 1. The molecule has 0 spiro atoms. The van der Waals surface area contributed by atoms with E-state index in [4.69, 9.17) is 4.74 Å². The quantitative estimate of drug-likeness (QED) is 0.723. The lowest BCUT2D eigenvalue weighted by Gasteiger charge is -2.11. The van der Waals surface area contributed by atoms with Gasteiger partial charge in [0, 0.05) is 11.0 Å². The zero-order valence-corrected chi connectivity index (χ0v) is 13.8. The summed E-state index contributed by atoms with van der Waals surface area (Å²) in [5, 5.41) is 3.25. The molecule has 0 fully saturated rings. The highest BCUT2D eigenvalue weighted by Crippen LogP contribution is 2.30. The Labute approximate surface area is 133 Å². The normalized spacial score (nSPS) is 10.7. The third-order valence-electron chi connectivity index (χ3n) is 3.12. The highest BCUT2D eigenvalue weighted by atomic mass is 79.9. The van der Waals surface area contributed by atoms with Crippen molar-refractivity contribution in [2.75, 3.05) is 6.54 Å². The highest BCUT2D eigenvalue weighted by molar-refractivity contribution is 9.10. The summed E-state index contributed by atoms with van der Waals surface area (Å²) in [6.45, 7) is 5.63. The van der Waals surface area contributed by atoms with E-state index in [1.54, 1.807) is 6.07 Å². The van der Waals surface area contributed by atoms with Crippen LogP contribution in [0.15, 0.2) is 40.9 Å². The Bertz CT molecular complexity index is 616. The molecule has 0 atom stereocenters. The van der Waals surface area contributed by atoms with Gasteiger partial charge in [-0.1, -0.05) is 35.0 Å². The first-order chi connectivity index (χ1) is 10.1. The lowest BCUT2D eigenvalue weighted by Crippen LogP contribution is -2.13. The smallest absolute Gasteiger partial charge is 0.166 e. The first-order valence-electron chi connectivity index (χ1n) is 7.03. The monoisotopic (exact) mass is 351 g/mol. The van der Waals surface area contributed by atoms with Crippen molar-refractivity contribution in [3.05, 3.63) is 57.8 Å². The van der Waals surface area contributed by atoms with Crippen LogP contribution in [0.5, 0.6) is 11.5 Å². The average molecular weight is 352 g/mol. The molecule has 0 unspecified atom stereocenters. The maximum Gasteiger partial charge on any atom is 0.166 e. The Morgan fingerprint density at radius 1 is 1.14 bits per heavy atom. The third kappa shape index (κ3) is 4.55. The first kappa shape index (κ1) is 16.0. The van der Waals surface area contributed by atoms with Gasteiger partial charge in [0.1, 0.15) is 5.75 Å². The Morgan fingerprint density at radius 3 is 2.67 bits per heavy atom. The molecule has 0 aliphatic rings. The minimum absolute atomic E-state index is 0.246. The Kier molecular flexibility index (Phi) is 5.76. The van der Waals surface area contributed by atoms with E-state index in [2.05, 4.69) is 28.2 Å². The molecule has 0 bridgehead atoms. The molecule has 0 radical (unpaired) electrons. The second kappa shape index (κ2) is 7.57. The van der Waals surface area contributed by atoms with E-state index in [1.165, 1.54) is 6.07 Å². The van der Waals surface area contributed by atoms with Crippen molar-refractivity contribution in [1.29, 1.82) is 0 Å². The third-order valence-corrected chi connectivity index (χ3v) is 3.62. The first-order valence-corrected chi connectivity index (χ1v) is 7.82. The van der Waals surface area contributed by atoms with Crippen molar-refractivity contribution >= 4 is 15.9 Å². The fourth-order valence-electron chi connectivity index (χ4n) is 1.95. The van der Waals surface area contributed by atoms with Crippen LogP contribution in [0.4, 0.5) is 4.39 Å². The molecule has 2 rings (SSSR count).